The van der Waals surface area contributed by atoms with Gasteiger partial charge in [-0.15, -0.1) is 0 Å². The van der Waals surface area contributed by atoms with Crippen LogP contribution in [0.25, 0.3) is 0 Å². The summed E-state index contributed by atoms with van der Waals surface area (Å²) >= 11 is 7.45. The van der Waals surface area contributed by atoms with Gasteiger partial charge < -0.3 is 14.5 Å². The summed E-state index contributed by atoms with van der Waals surface area (Å²) in [7, 11) is 3.77. The lowest BCUT2D eigenvalue weighted by Crippen LogP contribution is -2.50. The highest BCUT2D eigenvalue weighted by atomic mass is 35.5. The van der Waals surface area contributed by atoms with Crippen LogP contribution in [0, 0.1) is 5.41 Å². The molecule has 1 aliphatic heterocycles. The van der Waals surface area contributed by atoms with Gasteiger partial charge in [0.05, 0.1) is 12.7 Å². The Balaban J connectivity index is 2.16. The van der Waals surface area contributed by atoms with Crippen LogP contribution in [0.5, 0.6) is 0 Å². The fourth-order valence-electron chi connectivity index (χ4n) is 2.12. The number of carbonyl (C=O) groups excluding carboxylic acids is 1. The van der Waals surface area contributed by atoms with Crippen molar-refractivity contribution in [3.8, 4) is 0 Å². The topological polar surface area (TPSA) is 45.7 Å². The molecule has 118 valence electrons. The lowest BCUT2D eigenvalue weighted by atomic mass is 9.88. The number of thiazole rings is 1. The average molecular weight is 332 g/mol. The molecule has 0 aromatic carbocycles. The Morgan fingerprint density at radius 2 is 2.14 bits per heavy atom. The number of morpholine rings is 1. The Morgan fingerprint density at radius 3 is 2.67 bits per heavy atom. The van der Waals surface area contributed by atoms with Gasteiger partial charge in [0.15, 0.2) is 10.3 Å². The van der Waals surface area contributed by atoms with E-state index in [1.165, 1.54) is 11.3 Å². The monoisotopic (exact) mass is 331 g/mol. The molecule has 1 amide bonds. The summed E-state index contributed by atoms with van der Waals surface area (Å²) in [6.45, 7) is 8.11. The van der Waals surface area contributed by atoms with Crippen molar-refractivity contribution >= 4 is 34.0 Å². The van der Waals surface area contributed by atoms with Gasteiger partial charge in [-0.3, -0.25) is 4.79 Å². The van der Waals surface area contributed by atoms with Gasteiger partial charge in [-0.25, -0.2) is 4.98 Å². The van der Waals surface area contributed by atoms with Crippen LogP contribution in [0.1, 0.15) is 30.4 Å². The summed E-state index contributed by atoms with van der Waals surface area (Å²) in [5.74, 6) is -0.0526. The largest absolute Gasteiger partial charge is 0.374 e. The molecule has 0 aliphatic carbocycles. The molecule has 7 heteroatoms. The maximum atomic E-state index is 12.7. The predicted molar refractivity (Wildman–Crippen MR) is 86.5 cm³/mol. The number of anilines is 1. The lowest BCUT2D eigenvalue weighted by molar-refractivity contribution is -0.0705. The second-order valence-corrected chi connectivity index (χ2v) is 7.82. The van der Waals surface area contributed by atoms with Gasteiger partial charge in [0.2, 0.25) is 0 Å². The number of aromatic nitrogens is 1. The predicted octanol–water partition coefficient (Wildman–Crippen LogP) is 2.75. The van der Waals surface area contributed by atoms with Crippen molar-refractivity contribution in [2.24, 2.45) is 5.41 Å². The van der Waals surface area contributed by atoms with E-state index >= 15 is 0 Å². The second kappa shape index (κ2) is 6.10. The number of carbonyl (C=O) groups is 1. The van der Waals surface area contributed by atoms with Gasteiger partial charge >= 0.3 is 0 Å². The van der Waals surface area contributed by atoms with Crippen molar-refractivity contribution < 1.29 is 9.53 Å². The molecule has 0 bridgehead atoms. The molecule has 0 radical (unpaired) electrons. The summed E-state index contributed by atoms with van der Waals surface area (Å²) in [6, 6.07) is 0. The first-order valence-corrected chi connectivity index (χ1v) is 8.14. The summed E-state index contributed by atoms with van der Waals surface area (Å²) in [6.07, 6.45) is 0.0372. The molecule has 1 fully saturated rings. The van der Waals surface area contributed by atoms with E-state index in [-0.39, 0.29) is 22.6 Å². The molecule has 1 aromatic heterocycles. The van der Waals surface area contributed by atoms with E-state index in [2.05, 4.69) is 25.8 Å². The number of hydrogen-bond donors (Lipinski definition) is 0. The van der Waals surface area contributed by atoms with E-state index in [0.717, 1.165) is 5.13 Å². The van der Waals surface area contributed by atoms with E-state index in [1.54, 1.807) is 0 Å². The normalized spacial score (nSPS) is 19.7. The van der Waals surface area contributed by atoms with Crippen LogP contribution in [0.3, 0.4) is 0 Å². The van der Waals surface area contributed by atoms with Crippen LogP contribution in [-0.4, -0.2) is 55.7 Å². The number of hydrogen-bond acceptors (Lipinski definition) is 5. The van der Waals surface area contributed by atoms with Crippen LogP contribution < -0.4 is 4.90 Å². The highest BCUT2D eigenvalue weighted by Gasteiger charge is 2.34. The van der Waals surface area contributed by atoms with Gasteiger partial charge in [0.25, 0.3) is 5.91 Å². The summed E-state index contributed by atoms with van der Waals surface area (Å²) in [5, 5.41) is 1.02. The van der Waals surface area contributed by atoms with Crippen LogP contribution in [0.2, 0.25) is 5.15 Å². The maximum Gasteiger partial charge on any atom is 0.267 e. The molecular weight excluding hydrogens is 310 g/mol. The molecule has 1 saturated heterocycles. The molecule has 0 unspecified atom stereocenters. The quantitative estimate of drug-likeness (QED) is 0.836. The fraction of sp³-hybridized carbons (Fsp3) is 0.714. The van der Waals surface area contributed by atoms with Gasteiger partial charge in [-0.2, -0.15) is 0 Å². The van der Waals surface area contributed by atoms with Crippen molar-refractivity contribution in [2.75, 3.05) is 38.7 Å². The minimum atomic E-state index is -0.0526. The lowest BCUT2D eigenvalue weighted by Gasteiger charge is -2.39. The Morgan fingerprint density at radius 1 is 1.48 bits per heavy atom. The zero-order chi connectivity index (χ0) is 15.8. The van der Waals surface area contributed by atoms with Gasteiger partial charge in [-0.1, -0.05) is 43.7 Å². The molecule has 1 aliphatic rings. The second-order valence-electron chi connectivity index (χ2n) is 6.49. The molecular formula is C14H22ClN3O2S. The molecule has 1 atom stereocenters. The first-order chi connectivity index (χ1) is 9.70. The van der Waals surface area contributed by atoms with Crippen molar-refractivity contribution in [3.63, 3.8) is 0 Å². The van der Waals surface area contributed by atoms with Crippen LogP contribution in [0.15, 0.2) is 0 Å². The molecule has 0 N–H and O–H groups in total. The van der Waals surface area contributed by atoms with Crippen LogP contribution >= 0.6 is 22.9 Å². The fourth-order valence-corrected chi connectivity index (χ4v) is 3.29. The Bertz CT molecular complexity index is 525. The Labute approximate surface area is 134 Å². The summed E-state index contributed by atoms with van der Waals surface area (Å²) in [5.41, 5.74) is 0.00520. The number of halogens is 1. The zero-order valence-corrected chi connectivity index (χ0v) is 14.7. The third kappa shape index (κ3) is 3.67. The Hall–Kier alpha value is -0.850. The van der Waals surface area contributed by atoms with Gasteiger partial charge in [0, 0.05) is 27.2 Å². The number of ether oxygens (including phenoxy) is 1. The molecule has 2 heterocycles. The molecule has 1 aromatic rings. The van der Waals surface area contributed by atoms with Crippen molar-refractivity contribution in [3.05, 3.63) is 10.0 Å². The minimum Gasteiger partial charge on any atom is -0.374 e. The summed E-state index contributed by atoms with van der Waals surface area (Å²) in [4.78, 5) is 21.1. The van der Waals surface area contributed by atoms with Gasteiger partial charge in [-0.05, 0) is 5.41 Å². The molecule has 21 heavy (non-hydrogen) atoms. The number of amides is 1. The highest BCUT2D eigenvalue weighted by molar-refractivity contribution is 7.18. The molecule has 0 saturated carbocycles. The van der Waals surface area contributed by atoms with E-state index in [1.807, 2.05) is 23.9 Å². The van der Waals surface area contributed by atoms with E-state index in [0.29, 0.717) is 24.6 Å². The summed E-state index contributed by atoms with van der Waals surface area (Å²) < 4.78 is 5.79. The van der Waals surface area contributed by atoms with Crippen molar-refractivity contribution in [1.29, 1.82) is 0 Å². The smallest absolute Gasteiger partial charge is 0.267 e. The van der Waals surface area contributed by atoms with Gasteiger partial charge in [0.1, 0.15) is 4.88 Å². The van der Waals surface area contributed by atoms with E-state index in [9.17, 15) is 4.79 Å². The van der Waals surface area contributed by atoms with Crippen molar-refractivity contribution in [1.82, 2.24) is 9.88 Å². The highest BCUT2D eigenvalue weighted by Crippen LogP contribution is 2.31. The number of rotatable bonds is 2. The molecule has 5 nitrogen and oxygen atoms in total. The zero-order valence-electron chi connectivity index (χ0n) is 13.1. The van der Waals surface area contributed by atoms with Crippen LogP contribution in [-0.2, 0) is 4.74 Å². The average Bonchev–Trinajstić information content (AvgIpc) is 2.79. The Kier molecular flexibility index (Phi) is 4.80. The SMILES string of the molecule is CN(C)c1nc(Cl)c(C(=O)N2CCO[C@@H](C(C)(C)C)C2)s1. The standard InChI is InChI=1S/C14H22ClN3O2S/c1-14(2,3)9-8-18(6-7-20-9)12(19)10-11(15)16-13(21-10)17(4)5/h9H,6-8H2,1-5H3/t9-/m1/s1. The molecule has 2 rings (SSSR count). The first kappa shape index (κ1) is 16.5. The third-order valence-corrected chi connectivity index (χ3v) is 5.07. The van der Waals surface area contributed by atoms with Crippen molar-refractivity contribution in [2.45, 2.75) is 26.9 Å². The van der Waals surface area contributed by atoms with Crippen LogP contribution in [0.4, 0.5) is 5.13 Å². The molecule has 0 spiro atoms. The minimum absolute atomic E-state index is 0.00520. The van der Waals surface area contributed by atoms with E-state index < -0.39 is 0 Å². The maximum absolute atomic E-state index is 12.7. The number of nitrogens with zero attached hydrogens (tertiary/aromatic N) is 3. The first-order valence-electron chi connectivity index (χ1n) is 6.94. The van der Waals surface area contributed by atoms with E-state index in [4.69, 9.17) is 16.3 Å². The third-order valence-electron chi connectivity index (χ3n) is 3.47.